The number of para-hydroxylation sites is 1. The predicted molar refractivity (Wildman–Crippen MR) is 123 cm³/mol. The maximum Gasteiger partial charge on any atom is 0.266 e. The summed E-state index contributed by atoms with van der Waals surface area (Å²) in [5.74, 6) is 0.475. The summed E-state index contributed by atoms with van der Waals surface area (Å²) in [6.07, 6.45) is -0.877. The molecule has 4 rings (SSSR count). The molecule has 1 unspecified atom stereocenters. The molecule has 0 aliphatic carbocycles. The summed E-state index contributed by atoms with van der Waals surface area (Å²) in [4.78, 5) is 25.8. The molecule has 7 nitrogen and oxygen atoms in total. The van der Waals surface area contributed by atoms with E-state index in [-0.39, 0.29) is 5.91 Å². The number of hydrogen-bond acceptors (Lipinski definition) is 5. The summed E-state index contributed by atoms with van der Waals surface area (Å²) < 4.78 is 10.9. The molecular weight excluding hydrogens is 406 g/mol. The quantitative estimate of drug-likeness (QED) is 0.445. The Labute approximate surface area is 185 Å². The monoisotopic (exact) mass is 429 g/mol. The zero-order valence-electron chi connectivity index (χ0n) is 18.0. The van der Waals surface area contributed by atoms with Crippen molar-refractivity contribution in [2.75, 3.05) is 10.6 Å². The molecule has 0 saturated carbocycles. The molecule has 1 aromatic heterocycles. The number of aryl methyl sites for hydroxylation is 2. The average molecular weight is 429 g/mol. The van der Waals surface area contributed by atoms with Crippen molar-refractivity contribution in [3.63, 3.8) is 0 Å². The number of benzene rings is 3. The van der Waals surface area contributed by atoms with Crippen LogP contribution in [0.15, 0.2) is 71.3 Å². The largest absolute Gasteiger partial charge is 0.480 e. The molecule has 0 fully saturated rings. The second-order valence-electron chi connectivity index (χ2n) is 7.54. The van der Waals surface area contributed by atoms with E-state index in [1.807, 2.05) is 55.5 Å². The summed E-state index contributed by atoms with van der Waals surface area (Å²) in [5, 5.41) is 11.1. The summed E-state index contributed by atoms with van der Waals surface area (Å²) in [7, 11) is 0. The lowest BCUT2D eigenvalue weighted by molar-refractivity contribution is -0.122. The van der Waals surface area contributed by atoms with Crippen LogP contribution in [0.25, 0.3) is 10.8 Å². The molecule has 32 heavy (non-hydrogen) atoms. The van der Waals surface area contributed by atoms with Crippen LogP contribution in [0.1, 0.15) is 28.6 Å². The highest BCUT2D eigenvalue weighted by molar-refractivity contribution is 6.09. The molecule has 3 aromatic carbocycles. The predicted octanol–water partition coefficient (Wildman–Crippen LogP) is 5.10. The molecule has 0 bridgehead atoms. The Morgan fingerprint density at radius 1 is 0.938 bits per heavy atom. The van der Waals surface area contributed by atoms with E-state index in [9.17, 15) is 9.59 Å². The average Bonchev–Trinajstić information content (AvgIpc) is 3.19. The second-order valence-corrected chi connectivity index (χ2v) is 7.54. The normalized spacial score (nSPS) is 11.7. The van der Waals surface area contributed by atoms with Gasteiger partial charge in [-0.2, -0.15) is 0 Å². The number of hydrogen-bond donors (Lipinski definition) is 2. The molecule has 0 radical (unpaired) electrons. The van der Waals surface area contributed by atoms with Crippen LogP contribution in [0, 0.1) is 13.8 Å². The molecule has 2 amide bonds. The minimum atomic E-state index is -0.877. The van der Waals surface area contributed by atoms with E-state index in [1.54, 1.807) is 32.0 Å². The Balaban J connectivity index is 1.62. The zero-order chi connectivity index (χ0) is 22.7. The van der Waals surface area contributed by atoms with Gasteiger partial charge in [-0.1, -0.05) is 47.6 Å². The maximum atomic E-state index is 13.2. The zero-order valence-corrected chi connectivity index (χ0v) is 18.0. The lowest BCUT2D eigenvalue weighted by Crippen LogP contribution is -2.31. The molecule has 7 heteroatoms. The highest BCUT2D eigenvalue weighted by Gasteiger charge is 2.21. The number of anilines is 2. The SMILES string of the molecule is Cc1cc(NC(=O)C(C)Oc2cc3ccccc3cc2C(=O)Nc2ccccc2C)no1. The number of carbonyl (C=O) groups excluding carboxylic acids is 2. The van der Waals surface area contributed by atoms with Gasteiger partial charge < -0.3 is 19.9 Å². The Hall–Kier alpha value is -4.13. The van der Waals surface area contributed by atoms with Crippen LogP contribution in [-0.2, 0) is 4.79 Å². The van der Waals surface area contributed by atoms with E-state index in [0.717, 1.165) is 16.3 Å². The van der Waals surface area contributed by atoms with Crippen LogP contribution in [0.3, 0.4) is 0 Å². The van der Waals surface area contributed by atoms with Gasteiger partial charge in [-0.25, -0.2) is 0 Å². The number of carbonyl (C=O) groups is 2. The Morgan fingerprint density at radius 3 is 2.31 bits per heavy atom. The minimum absolute atomic E-state index is 0.305. The molecule has 0 aliphatic heterocycles. The molecule has 0 saturated heterocycles. The van der Waals surface area contributed by atoms with Gasteiger partial charge in [0.1, 0.15) is 11.5 Å². The second kappa shape index (κ2) is 8.93. The fourth-order valence-corrected chi connectivity index (χ4v) is 3.29. The first kappa shape index (κ1) is 21.1. The Morgan fingerprint density at radius 2 is 1.62 bits per heavy atom. The van der Waals surface area contributed by atoms with Gasteiger partial charge in [0.25, 0.3) is 11.8 Å². The van der Waals surface area contributed by atoms with E-state index in [0.29, 0.717) is 28.6 Å². The van der Waals surface area contributed by atoms with E-state index in [2.05, 4.69) is 15.8 Å². The van der Waals surface area contributed by atoms with Crippen LogP contribution in [0.2, 0.25) is 0 Å². The fourth-order valence-electron chi connectivity index (χ4n) is 3.29. The van der Waals surface area contributed by atoms with E-state index < -0.39 is 12.0 Å². The summed E-state index contributed by atoms with van der Waals surface area (Å²) >= 11 is 0. The van der Waals surface area contributed by atoms with Crippen LogP contribution >= 0.6 is 0 Å². The number of rotatable bonds is 6. The molecule has 1 heterocycles. The molecule has 0 aliphatic rings. The van der Waals surface area contributed by atoms with Crippen molar-refractivity contribution in [3.05, 3.63) is 83.6 Å². The van der Waals surface area contributed by atoms with Gasteiger partial charge in [-0.3, -0.25) is 9.59 Å². The number of amides is 2. The van der Waals surface area contributed by atoms with E-state index in [1.165, 1.54) is 0 Å². The third-order valence-corrected chi connectivity index (χ3v) is 5.04. The standard InChI is InChI=1S/C25H23N3O4/c1-15-8-4-7-11-21(15)26-25(30)20-13-18-9-5-6-10-19(18)14-22(20)31-17(3)24(29)27-23-12-16(2)32-28-23/h4-14,17H,1-3H3,(H,26,30)(H,27,28,29). The van der Waals surface area contributed by atoms with Crippen molar-refractivity contribution >= 4 is 34.1 Å². The van der Waals surface area contributed by atoms with Crippen molar-refractivity contribution in [2.24, 2.45) is 0 Å². The van der Waals surface area contributed by atoms with Crippen molar-refractivity contribution in [1.82, 2.24) is 5.16 Å². The molecule has 2 N–H and O–H groups in total. The minimum Gasteiger partial charge on any atom is -0.480 e. The molecular formula is C25H23N3O4. The van der Waals surface area contributed by atoms with Gasteiger partial charge in [0, 0.05) is 11.8 Å². The number of nitrogens with zero attached hydrogens (tertiary/aromatic N) is 1. The number of ether oxygens (including phenoxy) is 1. The fraction of sp³-hybridized carbons (Fsp3) is 0.160. The van der Waals surface area contributed by atoms with Gasteiger partial charge in [0.2, 0.25) is 0 Å². The van der Waals surface area contributed by atoms with Gasteiger partial charge in [-0.05, 0) is 55.3 Å². The smallest absolute Gasteiger partial charge is 0.266 e. The van der Waals surface area contributed by atoms with E-state index >= 15 is 0 Å². The van der Waals surface area contributed by atoms with Crippen molar-refractivity contribution < 1.29 is 18.8 Å². The van der Waals surface area contributed by atoms with Gasteiger partial charge in [0.05, 0.1) is 5.56 Å². The first-order chi connectivity index (χ1) is 15.4. The third-order valence-electron chi connectivity index (χ3n) is 5.04. The Kier molecular flexibility index (Phi) is 5.89. The van der Waals surface area contributed by atoms with Crippen LogP contribution < -0.4 is 15.4 Å². The van der Waals surface area contributed by atoms with Crippen molar-refractivity contribution in [1.29, 1.82) is 0 Å². The van der Waals surface area contributed by atoms with Crippen LogP contribution in [-0.4, -0.2) is 23.1 Å². The highest BCUT2D eigenvalue weighted by atomic mass is 16.5. The van der Waals surface area contributed by atoms with Crippen LogP contribution in [0.5, 0.6) is 5.75 Å². The molecule has 162 valence electrons. The first-order valence-electron chi connectivity index (χ1n) is 10.2. The molecule has 0 spiro atoms. The molecule has 1 atom stereocenters. The summed E-state index contributed by atoms with van der Waals surface area (Å²) in [6.45, 7) is 5.27. The summed E-state index contributed by atoms with van der Waals surface area (Å²) in [6, 6.07) is 20.3. The lowest BCUT2D eigenvalue weighted by Gasteiger charge is -2.18. The van der Waals surface area contributed by atoms with Crippen molar-refractivity contribution in [3.8, 4) is 5.75 Å². The van der Waals surface area contributed by atoms with Gasteiger partial charge in [0.15, 0.2) is 11.9 Å². The molecule has 4 aromatic rings. The van der Waals surface area contributed by atoms with Gasteiger partial charge in [-0.15, -0.1) is 0 Å². The number of aromatic nitrogens is 1. The topological polar surface area (TPSA) is 93.5 Å². The van der Waals surface area contributed by atoms with Crippen LogP contribution in [0.4, 0.5) is 11.5 Å². The highest BCUT2D eigenvalue weighted by Crippen LogP contribution is 2.28. The van der Waals surface area contributed by atoms with Gasteiger partial charge >= 0.3 is 0 Å². The number of nitrogens with one attached hydrogen (secondary N) is 2. The maximum absolute atomic E-state index is 13.2. The lowest BCUT2D eigenvalue weighted by atomic mass is 10.0. The summed E-state index contributed by atoms with van der Waals surface area (Å²) in [5.41, 5.74) is 1.99. The Bertz CT molecular complexity index is 1300. The third kappa shape index (κ3) is 4.62. The first-order valence-corrected chi connectivity index (χ1v) is 10.2. The van der Waals surface area contributed by atoms with Crippen molar-refractivity contribution in [2.45, 2.75) is 26.9 Å². The van der Waals surface area contributed by atoms with E-state index in [4.69, 9.17) is 9.26 Å². The number of fused-ring (bicyclic) bond motifs is 1.